The normalized spacial score (nSPS) is 11.1. The second-order valence-corrected chi connectivity index (χ2v) is 3.19. The van der Waals surface area contributed by atoms with Crippen LogP contribution in [0.15, 0.2) is 12.4 Å². The lowest BCUT2D eigenvalue weighted by atomic mass is 10.4. The van der Waals surface area contributed by atoms with E-state index in [1.54, 1.807) is 0 Å². The average molecular weight is 181 g/mol. The minimum Gasteiger partial charge on any atom is -0.334 e. The van der Waals surface area contributed by atoms with Crippen molar-refractivity contribution in [3.05, 3.63) is 18.2 Å². The van der Waals surface area contributed by atoms with Crippen LogP contribution in [-0.2, 0) is 6.54 Å². The van der Waals surface area contributed by atoms with Gasteiger partial charge in [0.1, 0.15) is 5.82 Å². The van der Waals surface area contributed by atoms with Gasteiger partial charge in [0.2, 0.25) is 0 Å². The third-order valence-electron chi connectivity index (χ3n) is 2.48. The molecule has 0 N–H and O–H groups in total. The third-order valence-corrected chi connectivity index (χ3v) is 2.48. The van der Waals surface area contributed by atoms with Crippen LogP contribution in [0.1, 0.15) is 19.7 Å². The van der Waals surface area contributed by atoms with Crippen molar-refractivity contribution in [2.24, 2.45) is 0 Å². The van der Waals surface area contributed by atoms with E-state index >= 15 is 0 Å². The average Bonchev–Trinajstić information content (AvgIpc) is 2.54. The Morgan fingerprint density at radius 3 is 2.54 bits per heavy atom. The fourth-order valence-corrected chi connectivity index (χ4v) is 1.43. The zero-order valence-electron chi connectivity index (χ0n) is 8.82. The minimum atomic E-state index is 1.05. The van der Waals surface area contributed by atoms with Gasteiger partial charge in [0.25, 0.3) is 0 Å². The number of imidazole rings is 1. The molecule has 0 aliphatic rings. The van der Waals surface area contributed by atoms with Gasteiger partial charge in [0.05, 0.1) is 0 Å². The van der Waals surface area contributed by atoms with Crippen LogP contribution in [-0.4, -0.2) is 34.1 Å². The third kappa shape index (κ3) is 2.84. The Balaban J connectivity index is 2.38. The van der Waals surface area contributed by atoms with Crippen LogP contribution in [0.4, 0.5) is 0 Å². The summed E-state index contributed by atoms with van der Waals surface area (Å²) in [5, 5.41) is 0. The fourth-order valence-electron chi connectivity index (χ4n) is 1.43. The topological polar surface area (TPSA) is 21.1 Å². The van der Waals surface area contributed by atoms with Gasteiger partial charge in [-0.05, 0) is 20.0 Å². The van der Waals surface area contributed by atoms with Crippen LogP contribution in [0.2, 0.25) is 0 Å². The van der Waals surface area contributed by atoms with Gasteiger partial charge in [0, 0.05) is 25.5 Å². The monoisotopic (exact) mass is 181 g/mol. The molecule has 1 aromatic rings. The molecular weight excluding hydrogens is 162 g/mol. The Morgan fingerprint density at radius 2 is 2.08 bits per heavy atom. The Kier molecular flexibility index (Phi) is 3.96. The Hall–Kier alpha value is -0.830. The van der Waals surface area contributed by atoms with Crippen molar-refractivity contribution < 1.29 is 0 Å². The van der Waals surface area contributed by atoms with Crippen LogP contribution >= 0.6 is 0 Å². The molecule has 74 valence electrons. The predicted octanol–water partition coefficient (Wildman–Crippen LogP) is 1.53. The van der Waals surface area contributed by atoms with Crippen molar-refractivity contribution in [3.8, 4) is 0 Å². The maximum Gasteiger partial charge on any atom is 0.105 e. The number of aromatic nitrogens is 2. The number of aryl methyl sites for hydroxylation is 1. The number of hydrogen-bond donors (Lipinski definition) is 0. The van der Waals surface area contributed by atoms with Crippen LogP contribution in [0, 0.1) is 6.92 Å². The van der Waals surface area contributed by atoms with Crippen LogP contribution in [0.5, 0.6) is 0 Å². The summed E-state index contributed by atoms with van der Waals surface area (Å²) in [5.41, 5.74) is 0. The van der Waals surface area contributed by atoms with E-state index in [0.29, 0.717) is 0 Å². The molecule has 0 spiro atoms. The van der Waals surface area contributed by atoms with Gasteiger partial charge in [-0.25, -0.2) is 4.98 Å². The van der Waals surface area contributed by atoms with Crippen LogP contribution in [0.25, 0.3) is 0 Å². The molecular formula is C10H19N3. The van der Waals surface area contributed by atoms with E-state index in [-0.39, 0.29) is 0 Å². The van der Waals surface area contributed by atoms with E-state index in [4.69, 9.17) is 0 Å². The number of likely N-dealkylation sites (N-methyl/N-ethyl adjacent to an activating group) is 1. The molecule has 0 radical (unpaired) electrons. The molecule has 3 heteroatoms. The molecule has 0 aliphatic heterocycles. The lowest BCUT2D eigenvalue weighted by Gasteiger charge is -2.18. The first-order valence-electron chi connectivity index (χ1n) is 4.98. The summed E-state index contributed by atoms with van der Waals surface area (Å²) in [5.74, 6) is 1.10. The second-order valence-electron chi connectivity index (χ2n) is 3.19. The smallest absolute Gasteiger partial charge is 0.105 e. The molecule has 0 saturated heterocycles. The summed E-state index contributed by atoms with van der Waals surface area (Å²) in [6.07, 6.45) is 3.90. The second kappa shape index (κ2) is 5.02. The highest BCUT2D eigenvalue weighted by Crippen LogP contribution is 1.96. The summed E-state index contributed by atoms with van der Waals surface area (Å²) < 4.78 is 2.19. The van der Waals surface area contributed by atoms with Crippen molar-refractivity contribution in [1.82, 2.24) is 14.5 Å². The van der Waals surface area contributed by atoms with Gasteiger partial charge in [-0.2, -0.15) is 0 Å². The first-order chi connectivity index (χ1) is 6.27. The summed E-state index contributed by atoms with van der Waals surface area (Å²) in [7, 11) is 0. The molecule has 0 atom stereocenters. The number of hydrogen-bond acceptors (Lipinski definition) is 2. The zero-order chi connectivity index (χ0) is 9.68. The highest BCUT2D eigenvalue weighted by molar-refractivity contribution is 4.88. The Bertz CT molecular complexity index is 238. The molecule has 0 saturated carbocycles. The molecule has 1 heterocycles. The van der Waals surface area contributed by atoms with Crippen molar-refractivity contribution in [2.75, 3.05) is 19.6 Å². The predicted molar refractivity (Wildman–Crippen MR) is 54.8 cm³/mol. The van der Waals surface area contributed by atoms with E-state index in [1.807, 2.05) is 19.3 Å². The minimum absolute atomic E-state index is 1.05. The molecule has 0 fully saturated rings. The highest BCUT2D eigenvalue weighted by atomic mass is 15.1. The van der Waals surface area contributed by atoms with Crippen molar-refractivity contribution >= 4 is 0 Å². The lowest BCUT2D eigenvalue weighted by molar-refractivity contribution is 0.289. The molecule has 1 rings (SSSR count). The van der Waals surface area contributed by atoms with E-state index in [9.17, 15) is 0 Å². The van der Waals surface area contributed by atoms with E-state index in [2.05, 4.69) is 28.3 Å². The SMILES string of the molecule is CCN(CC)CCn1ccnc1C. The van der Waals surface area contributed by atoms with Gasteiger partial charge in [-0.1, -0.05) is 13.8 Å². The van der Waals surface area contributed by atoms with Crippen molar-refractivity contribution in [3.63, 3.8) is 0 Å². The van der Waals surface area contributed by atoms with E-state index in [0.717, 1.165) is 32.0 Å². The molecule has 0 unspecified atom stereocenters. The van der Waals surface area contributed by atoms with E-state index < -0.39 is 0 Å². The lowest BCUT2D eigenvalue weighted by Crippen LogP contribution is -2.27. The van der Waals surface area contributed by atoms with Crippen LogP contribution in [0.3, 0.4) is 0 Å². The molecule has 3 nitrogen and oxygen atoms in total. The molecule has 0 aliphatic carbocycles. The first kappa shape index (κ1) is 10.3. The van der Waals surface area contributed by atoms with Crippen LogP contribution < -0.4 is 0 Å². The number of nitrogens with zero attached hydrogens (tertiary/aromatic N) is 3. The maximum absolute atomic E-state index is 4.19. The zero-order valence-corrected chi connectivity index (χ0v) is 8.82. The first-order valence-corrected chi connectivity index (χ1v) is 4.98. The molecule has 0 bridgehead atoms. The quantitative estimate of drug-likeness (QED) is 0.687. The molecule has 0 aromatic carbocycles. The Morgan fingerprint density at radius 1 is 1.38 bits per heavy atom. The van der Waals surface area contributed by atoms with E-state index in [1.165, 1.54) is 0 Å². The fraction of sp³-hybridized carbons (Fsp3) is 0.700. The summed E-state index contributed by atoms with van der Waals surface area (Å²) in [6, 6.07) is 0. The van der Waals surface area contributed by atoms with Gasteiger partial charge >= 0.3 is 0 Å². The molecule has 0 amide bonds. The van der Waals surface area contributed by atoms with Crippen molar-refractivity contribution in [1.29, 1.82) is 0 Å². The molecule has 1 aromatic heterocycles. The summed E-state index contributed by atoms with van der Waals surface area (Å²) >= 11 is 0. The standard InChI is InChI=1S/C10H19N3/c1-4-12(5-2)8-9-13-7-6-11-10(13)3/h6-7H,4-5,8-9H2,1-3H3. The highest BCUT2D eigenvalue weighted by Gasteiger charge is 2.00. The largest absolute Gasteiger partial charge is 0.334 e. The molecule has 13 heavy (non-hydrogen) atoms. The number of rotatable bonds is 5. The van der Waals surface area contributed by atoms with Gasteiger partial charge in [-0.15, -0.1) is 0 Å². The maximum atomic E-state index is 4.19. The van der Waals surface area contributed by atoms with Gasteiger partial charge in [-0.3, -0.25) is 0 Å². The van der Waals surface area contributed by atoms with Crippen molar-refractivity contribution in [2.45, 2.75) is 27.3 Å². The Labute approximate surface area is 80.4 Å². The summed E-state index contributed by atoms with van der Waals surface area (Å²) in [4.78, 5) is 6.61. The van der Waals surface area contributed by atoms with Gasteiger partial charge in [0.15, 0.2) is 0 Å². The summed E-state index contributed by atoms with van der Waals surface area (Å²) in [6.45, 7) is 10.9. The van der Waals surface area contributed by atoms with Gasteiger partial charge < -0.3 is 9.47 Å².